The van der Waals surface area contributed by atoms with E-state index >= 15 is 0 Å². The lowest BCUT2D eigenvalue weighted by Crippen LogP contribution is -2.58. The van der Waals surface area contributed by atoms with Gasteiger partial charge in [-0.1, -0.05) is 19.1 Å². The van der Waals surface area contributed by atoms with E-state index in [2.05, 4.69) is 11.9 Å². The van der Waals surface area contributed by atoms with Crippen LogP contribution in [0.1, 0.15) is 20.3 Å². The molecule has 0 radical (unpaired) electrons. The van der Waals surface area contributed by atoms with Gasteiger partial charge < -0.3 is 0 Å². The summed E-state index contributed by atoms with van der Waals surface area (Å²) in [4.78, 5) is 35.5. The van der Waals surface area contributed by atoms with E-state index in [9.17, 15) is 14.4 Å². The molecule has 82 valence electrons. The fourth-order valence-corrected chi connectivity index (χ4v) is 1.48. The highest BCUT2D eigenvalue weighted by atomic mass is 16.2. The van der Waals surface area contributed by atoms with Crippen molar-refractivity contribution in [2.75, 3.05) is 6.54 Å². The Hall–Kier alpha value is -1.65. The molecule has 1 heterocycles. The Morgan fingerprint density at radius 1 is 1.47 bits per heavy atom. The zero-order chi connectivity index (χ0) is 11.6. The van der Waals surface area contributed by atoms with Gasteiger partial charge in [-0.2, -0.15) is 0 Å². The molecule has 0 bridgehead atoms. The predicted octanol–water partition coefficient (Wildman–Crippen LogP) is 0.667. The highest BCUT2D eigenvalue weighted by Crippen LogP contribution is 2.17. The van der Waals surface area contributed by atoms with Crippen molar-refractivity contribution in [1.82, 2.24) is 10.2 Å². The Morgan fingerprint density at radius 3 is 2.53 bits per heavy atom. The first-order chi connectivity index (χ1) is 6.99. The summed E-state index contributed by atoms with van der Waals surface area (Å²) >= 11 is 0. The van der Waals surface area contributed by atoms with Gasteiger partial charge >= 0.3 is 6.03 Å². The molecule has 1 aliphatic heterocycles. The minimum atomic E-state index is -0.922. The van der Waals surface area contributed by atoms with Crippen LogP contribution in [0.25, 0.3) is 0 Å². The lowest BCUT2D eigenvalue weighted by molar-refractivity contribution is -0.140. The van der Waals surface area contributed by atoms with Crippen molar-refractivity contribution in [2.24, 2.45) is 5.92 Å². The van der Waals surface area contributed by atoms with E-state index in [-0.39, 0.29) is 0 Å². The van der Waals surface area contributed by atoms with Crippen molar-refractivity contribution in [3.8, 4) is 0 Å². The third-order valence-electron chi connectivity index (χ3n) is 2.19. The van der Waals surface area contributed by atoms with Gasteiger partial charge in [0.25, 0.3) is 0 Å². The number of hydrogen-bond acceptors (Lipinski definition) is 3. The number of urea groups is 1. The molecule has 0 aromatic carbocycles. The summed E-state index contributed by atoms with van der Waals surface area (Å²) in [5, 5.41) is 2.14. The number of carbonyl (C=O) groups excluding carboxylic acids is 3. The Kier molecular flexibility index (Phi) is 3.24. The molecule has 5 nitrogen and oxygen atoms in total. The van der Waals surface area contributed by atoms with Crippen molar-refractivity contribution >= 4 is 17.8 Å². The van der Waals surface area contributed by atoms with Crippen molar-refractivity contribution in [2.45, 2.75) is 20.3 Å². The van der Waals surface area contributed by atoms with E-state index in [1.165, 1.54) is 0 Å². The van der Waals surface area contributed by atoms with Gasteiger partial charge in [0.2, 0.25) is 11.8 Å². The average Bonchev–Trinajstić information content (AvgIpc) is 2.11. The summed E-state index contributed by atoms with van der Waals surface area (Å²) in [6.45, 7) is 7.35. The van der Waals surface area contributed by atoms with Crippen LogP contribution in [0.3, 0.4) is 0 Å². The predicted molar refractivity (Wildman–Crippen MR) is 53.8 cm³/mol. The maximum Gasteiger partial charge on any atom is 0.330 e. The zero-order valence-electron chi connectivity index (χ0n) is 8.87. The third-order valence-corrected chi connectivity index (χ3v) is 2.19. The maximum absolute atomic E-state index is 11.8. The lowest BCUT2D eigenvalue weighted by Gasteiger charge is -2.29. The first kappa shape index (κ1) is 11.4. The molecule has 1 rings (SSSR count). The number of hydrogen-bond donors (Lipinski definition) is 1. The van der Waals surface area contributed by atoms with Gasteiger partial charge in [0.05, 0.1) is 0 Å². The molecule has 1 aliphatic rings. The minimum absolute atomic E-state index is 0.321. The molecule has 0 saturated carbocycles. The fourth-order valence-electron chi connectivity index (χ4n) is 1.48. The molecule has 0 spiro atoms. The summed E-state index contributed by atoms with van der Waals surface area (Å²) in [5.74, 6) is -1.97. The number of nitrogens with one attached hydrogen (secondary N) is 1. The smallest absolute Gasteiger partial charge is 0.277 e. The SMILES string of the molecule is C=C(C)[C@@H]1C(=O)NC(=O)N(CCC)C1=O. The molecule has 1 N–H and O–H groups in total. The summed E-state index contributed by atoms with van der Waals surface area (Å²) in [5.41, 5.74) is 0.450. The maximum atomic E-state index is 11.8. The number of imide groups is 2. The number of nitrogens with zero attached hydrogens (tertiary/aromatic N) is 1. The van der Waals surface area contributed by atoms with Gasteiger partial charge in [-0.15, -0.1) is 0 Å². The number of amides is 4. The minimum Gasteiger partial charge on any atom is -0.277 e. The van der Waals surface area contributed by atoms with Crippen molar-refractivity contribution in [3.05, 3.63) is 12.2 Å². The third kappa shape index (κ3) is 2.06. The molecule has 1 atom stereocenters. The van der Waals surface area contributed by atoms with Crippen LogP contribution in [0.4, 0.5) is 4.79 Å². The van der Waals surface area contributed by atoms with E-state index in [1.54, 1.807) is 6.92 Å². The second-order valence-corrected chi connectivity index (χ2v) is 3.56. The molecule has 4 amide bonds. The van der Waals surface area contributed by atoms with E-state index < -0.39 is 23.8 Å². The Morgan fingerprint density at radius 2 is 2.07 bits per heavy atom. The molecule has 15 heavy (non-hydrogen) atoms. The summed E-state index contributed by atoms with van der Waals surface area (Å²) in [6.07, 6.45) is 0.663. The van der Waals surface area contributed by atoms with Crippen LogP contribution < -0.4 is 5.32 Å². The van der Waals surface area contributed by atoms with Gasteiger partial charge in [0.1, 0.15) is 5.92 Å². The van der Waals surface area contributed by atoms with E-state index in [0.717, 1.165) is 4.90 Å². The summed E-state index contributed by atoms with van der Waals surface area (Å²) in [7, 11) is 0. The number of carbonyl (C=O) groups is 3. The van der Waals surface area contributed by atoms with Crippen LogP contribution in [0.2, 0.25) is 0 Å². The Labute approximate surface area is 88.1 Å². The van der Waals surface area contributed by atoms with Crippen LogP contribution >= 0.6 is 0 Å². The summed E-state index contributed by atoms with van der Waals surface area (Å²) < 4.78 is 0. The Balaban J connectivity index is 2.94. The van der Waals surface area contributed by atoms with E-state index in [0.29, 0.717) is 18.5 Å². The van der Waals surface area contributed by atoms with Crippen LogP contribution in [-0.4, -0.2) is 29.3 Å². The van der Waals surface area contributed by atoms with Crippen molar-refractivity contribution in [3.63, 3.8) is 0 Å². The molecule has 0 unspecified atom stereocenters. The average molecular weight is 210 g/mol. The lowest BCUT2D eigenvalue weighted by atomic mass is 9.97. The van der Waals surface area contributed by atoms with E-state index in [1.807, 2.05) is 6.92 Å². The van der Waals surface area contributed by atoms with Crippen molar-refractivity contribution < 1.29 is 14.4 Å². The van der Waals surface area contributed by atoms with Crippen LogP contribution in [0, 0.1) is 5.92 Å². The first-order valence-corrected chi connectivity index (χ1v) is 4.80. The normalized spacial score (nSPS) is 21.6. The highest BCUT2D eigenvalue weighted by molar-refractivity contribution is 6.17. The summed E-state index contributed by atoms with van der Waals surface area (Å²) in [6, 6.07) is -0.635. The van der Waals surface area contributed by atoms with E-state index in [4.69, 9.17) is 0 Å². The van der Waals surface area contributed by atoms with Gasteiger partial charge in [-0.05, 0) is 13.3 Å². The molecule has 0 aromatic rings. The Bertz CT molecular complexity index is 336. The zero-order valence-corrected chi connectivity index (χ0v) is 8.87. The quantitative estimate of drug-likeness (QED) is 0.550. The standard InChI is InChI=1S/C10H14N2O3/c1-4-5-12-9(14)7(6(2)3)8(13)11-10(12)15/h7H,2,4-5H2,1,3H3,(H,11,13,15)/t7-/m1/s1. The fraction of sp³-hybridized carbons (Fsp3) is 0.500. The van der Waals surface area contributed by atoms with Crippen LogP contribution in [0.5, 0.6) is 0 Å². The molecule has 1 fully saturated rings. The second kappa shape index (κ2) is 4.25. The van der Waals surface area contributed by atoms with Crippen LogP contribution in [0.15, 0.2) is 12.2 Å². The largest absolute Gasteiger partial charge is 0.330 e. The second-order valence-electron chi connectivity index (χ2n) is 3.56. The van der Waals surface area contributed by atoms with Gasteiger partial charge in [-0.25, -0.2) is 4.79 Å². The molecular weight excluding hydrogens is 196 g/mol. The number of rotatable bonds is 3. The molecule has 0 aromatic heterocycles. The molecule has 0 aliphatic carbocycles. The van der Waals surface area contributed by atoms with Gasteiger partial charge in [0, 0.05) is 6.54 Å². The van der Waals surface area contributed by atoms with Crippen LogP contribution in [-0.2, 0) is 9.59 Å². The monoisotopic (exact) mass is 210 g/mol. The number of barbiturate groups is 1. The van der Waals surface area contributed by atoms with Gasteiger partial charge in [-0.3, -0.25) is 19.8 Å². The molecular formula is C10H14N2O3. The molecule has 1 saturated heterocycles. The topological polar surface area (TPSA) is 66.5 Å². The first-order valence-electron chi connectivity index (χ1n) is 4.80. The van der Waals surface area contributed by atoms with Gasteiger partial charge in [0.15, 0.2) is 0 Å². The van der Waals surface area contributed by atoms with Crippen molar-refractivity contribution in [1.29, 1.82) is 0 Å². The molecule has 5 heteroatoms. The highest BCUT2D eigenvalue weighted by Gasteiger charge is 2.40.